The highest BCUT2D eigenvalue weighted by atomic mass is 16.5. The summed E-state index contributed by atoms with van der Waals surface area (Å²) in [5.41, 5.74) is 0. The molecule has 6 heteroatoms. The number of carbonyl (C=O) groups excluding carboxylic acids is 1. The van der Waals surface area contributed by atoms with Gasteiger partial charge in [0.25, 0.3) is 0 Å². The Morgan fingerprint density at radius 3 is 2.62 bits per heavy atom. The highest BCUT2D eigenvalue weighted by Crippen LogP contribution is 2.22. The zero-order chi connectivity index (χ0) is 16.9. The summed E-state index contributed by atoms with van der Waals surface area (Å²) in [6.07, 6.45) is 2.38. The van der Waals surface area contributed by atoms with Crippen LogP contribution in [0.1, 0.15) is 6.42 Å². The first-order valence-corrected chi connectivity index (χ1v) is 7.88. The quantitative estimate of drug-likeness (QED) is 0.914. The lowest BCUT2D eigenvalue weighted by Crippen LogP contribution is -2.37. The molecule has 0 radical (unpaired) electrons. The molecule has 126 valence electrons. The molecule has 1 aliphatic rings. The van der Waals surface area contributed by atoms with Crippen LogP contribution >= 0.6 is 0 Å². The molecule has 2 heterocycles. The van der Waals surface area contributed by atoms with Crippen molar-refractivity contribution < 1.29 is 14.3 Å². The second-order valence-electron chi connectivity index (χ2n) is 5.83. The van der Waals surface area contributed by atoms with Gasteiger partial charge in [-0.3, -0.25) is 9.69 Å². The molecule has 2 aromatic rings. The van der Waals surface area contributed by atoms with Crippen LogP contribution in [-0.2, 0) is 9.53 Å². The van der Waals surface area contributed by atoms with Crippen molar-refractivity contribution in [2.45, 2.75) is 18.6 Å². The topological polar surface area (TPSA) is 63.7 Å². The fourth-order valence-electron chi connectivity index (χ4n) is 2.78. The van der Waals surface area contributed by atoms with E-state index < -0.39 is 0 Å². The van der Waals surface area contributed by atoms with E-state index in [9.17, 15) is 4.79 Å². The standard InChI is InChI=1S/C18H21N3O3/c1-21-12-15(23-2)10-16(21)18(22)20-17-9-8-14(11-19-17)24-13-6-4-3-5-7-13/h3-9,11,15-16H,10,12H2,1-2H3,(H,19,20,22)/t15-,16-/m0/s1. The van der Waals surface area contributed by atoms with Crippen molar-refractivity contribution in [2.75, 3.05) is 26.0 Å². The molecule has 0 aliphatic carbocycles. The molecular weight excluding hydrogens is 306 g/mol. The fourth-order valence-corrected chi connectivity index (χ4v) is 2.78. The number of nitrogens with zero attached hydrogens (tertiary/aromatic N) is 2. The van der Waals surface area contributed by atoms with E-state index in [0.29, 0.717) is 18.0 Å². The van der Waals surface area contributed by atoms with Crippen LogP contribution < -0.4 is 10.1 Å². The molecule has 0 spiro atoms. The summed E-state index contributed by atoms with van der Waals surface area (Å²) in [7, 11) is 3.60. The Morgan fingerprint density at radius 2 is 2.00 bits per heavy atom. The summed E-state index contributed by atoms with van der Waals surface area (Å²) in [5.74, 6) is 1.81. The number of carbonyl (C=O) groups is 1. The van der Waals surface area contributed by atoms with Crippen molar-refractivity contribution in [3.63, 3.8) is 0 Å². The van der Waals surface area contributed by atoms with Crippen molar-refractivity contribution in [1.29, 1.82) is 0 Å². The van der Waals surface area contributed by atoms with E-state index in [0.717, 1.165) is 12.3 Å². The normalized spacial score (nSPS) is 20.8. The van der Waals surface area contributed by atoms with E-state index >= 15 is 0 Å². The minimum Gasteiger partial charge on any atom is -0.456 e. The number of aromatic nitrogens is 1. The first-order valence-electron chi connectivity index (χ1n) is 7.88. The summed E-state index contributed by atoms with van der Waals surface area (Å²) >= 11 is 0. The molecule has 24 heavy (non-hydrogen) atoms. The highest BCUT2D eigenvalue weighted by molar-refractivity contribution is 5.94. The van der Waals surface area contributed by atoms with Crippen LogP contribution in [0.15, 0.2) is 48.7 Å². The molecule has 1 saturated heterocycles. The van der Waals surface area contributed by atoms with Gasteiger partial charge in [0, 0.05) is 13.7 Å². The van der Waals surface area contributed by atoms with Gasteiger partial charge >= 0.3 is 0 Å². The predicted molar refractivity (Wildman–Crippen MR) is 91.2 cm³/mol. The Labute approximate surface area is 141 Å². The van der Waals surface area contributed by atoms with Crippen molar-refractivity contribution in [3.8, 4) is 11.5 Å². The van der Waals surface area contributed by atoms with Gasteiger partial charge in [0.1, 0.15) is 17.3 Å². The summed E-state index contributed by atoms with van der Waals surface area (Å²) in [6, 6.07) is 12.8. The molecule has 0 saturated carbocycles. The van der Waals surface area contributed by atoms with Crippen LogP contribution in [0.4, 0.5) is 5.82 Å². The number of pyridine rings is 1. The average molecular weight is 327 g/mol. The van der Waals surface area contributed by atoms with Gasteiger partial charge in [0.15, 0.2) is 0 Å². The van der Waals surface area contributed by atoms with Gasteiger partial charge in [-0.25, -0.2) is 4.98 Å². The van der Waals surface area contributed by atoms with Crippen LogP contribution in [0.5, 0.6) is 11.5 Å². The number of hydrogen-bond acceptors (Lipinski definition) is 5. The number of methoxy groups -OCH3 is 1. The molecule has 1 aliphatic heterocycles. The fraction of sp³-hybridized carbons (Fsp3) is 0.333. The molecule has 1 amide bonds. The predicted octanol–water partition coefficient (Wildman–Crippen LogP) is 2.53. The molecule has 1 N–H and O–H groups in total. The number of rotatable bonds is 5. The van der Waals surface area contributed by atoms with Crippen LogP contribution in [0.2, 0.25) is 0 Å². The SMILES string of the molecule is CO[C@H]1C[C@@H](C(=O)Nc2ccc(Oc3ccccc3)cn2)N(C)C1. The van der Waals surface area contributed by atoms with E-state index in [1.54, 1.807) is 25.4 Å². The third kappa shape index (κ3) is 3.90. The van der Waals surface area contributed by atoms with E-state index in [2.05, 4.69) is 10.3 Å². The van der Waals surface area contributed by atoms with Gasteiger partial charge in [-0.2, -0.15) is 0 Å². The van der Waals surface area contributed by atoms with E-state index in [4.69, 9.17) is 9.47 Å². The summed E-state index contributed by atoms with van der Waals surface area (Å²) in [5, 5.41) is 2.85. The number of para-hydroxylation sites is 1. The van der Waals surface area contributed by atoms with E-state index in [1.807, 2.05) is 42.3 Å². The number of anilines is 1. The molecule has 3 rings (SSSR count). The molecule has 6 nitrogen and oxygen atoms in total. The second-order valence-corrected chi connectivity index (χ2v) is 5.83. The molecule has 1 fully saturated rings. The Morgan fingerprint density at radius 1 is 1.21 bits per heavy atom. The van der Waals surface area contributed by atoms with Crippen molar-refractivity contribution in [3.05, 3.63) is 48.7 Å². The van der Waals surface area contributed by atoms with Gasteiger partial charge in [0.05, 0.1) is 18.3 Å². The largest absolute Gasteiger partial charge is 0.456 e. The molecule has 1 aromatic heterocycles. The number of nitrogens with one attached hydrogen (secondary N) is 1. The maximum Gasteiger partial charge on any atom is 0.242 e. The summed E-state index contributed by atoms with van der Waals surface area (Å²) in [6.45, 7) is 0.756. The Kier molecular flexibility index (Phi) is 5.08. The maximum absolute atomic E-state index is 12.4. The van der Waals surface area contributed by atoms with Crippen LogP contribution in [-0.4, -0.2) is 48.6 Å². The van der Waals surface area contributed by atoms with Gasteiger partial charge < -0.3 is 14.8 Å². The zero-order valence-electron chi connectivity index (χ0n) is 13.8. The van der Waals surface area contributed by atoms with E-state index in [-0.39, 0.29) is 18.1 Å². The monoisotopic (exact) mass is 327 g/mol. The van der Waals surface area contributed by atoms with Crippen molar-refractivity contribution in [1.82, 2.24) is 9.88 Å². The smallest absolute Gasteiger partial charge is 0.242 e. The van der Waals surface area contributed by atoms with Gasteiger partial charge in [-0.05, 0) is 37.7 Å². The average Bonchev–Trinajstić information content (AvgIpc) is 2.99. The lowest BCUT2D eigenvalue weighted by atomic mass is 10.2. The van der Waals surface area contributed by atoms with Crippen molar-refractivity contribution in [2.24, 2.45) is 0 Å². The Balaban J connectivity index is 1.59. The Hall–Kier alpha value is -2.44. The molecule has 1 aromatic carbocycles. The van der Waals surface area contributed by atoms with Crippen LogP contribution in [0.25, 0.3) is 0 Å². The molecular formula is C18H21N3O3. The summed E-state index contributed by atoms with van der Waals surface area (Å²) < 4.78 is 11.0. The Bertz CT molecular complexity index is 676. The van der Waals surface area contributed by atoms with Gasteiger partial charge in [-0.15, -0.1) is 0 Å². The number of ether oxygens (including phenoxy) is 2. The molecule has 2 atom stereocenters. The number of likely N-dealkylation sites (N-methyl/N-ethyl adjacent to an activating group) is 1. The van der Waals surface area contributed by atoms with Gasteiger partial charge in [-0.1, -0.05) is 18.2 Å². The van der Waals surface area contributed by atoms with Crippen molar-refractivity contribution >= 4 is 11.7 Å². The lowest BCUT2D eigenvalue weighted by molar-refractivity contribution is -0.120. The number of likely N-dealkylation sites (tertiary alicyclic amines) is 1. The number of benzene rings is 1. The second kappa shape index (κ2) is 7.42. The summed E-state index contributed by atoms with van der Waals surface area (Å²) in [4.78, 5) is 18.6. The minimum atomic E-state index is -0.197. The minimum absolute atomic E-state index is 0.0683. The van der Waals surface area contributed by atoms with Crippen LogP contribution in [0.3, 0.4) is 0 Å². The first kappa shape index (κ1) is 16.4. The maximum atomic E-state index is 12.4. The van der Waals surface area contributed by atoms with E-state index in [1.165, 1.54) is 0 Å². The number of amides is 1. The molecule has 0 bridgehead atoms. The zero-order valence-corrected chi connectivity index (χ0v) is 13.8. The lowest BCUT2D eigenvalue weighted by Gasteiger charge is -2.17. The number of hydrogen-bond donors (Lipinski definition) is 1. The highest BCUT2D eigenvalue weighted by Gasteiger charge is 2.34. The van der Waals surface area contributed by atoms with Gasteiger partial charge in [0.2, 0.25) is 5.91 Å². The third-order valence-corrected chi connectivity index (χ3v) is 4.11. The third-order valence-electron chi connectivity index (χ3n) is 4.11. The molecule has 0 unspecified atom stereocenters. The van der Waals surface area contributed by atoms with Crippen LogP contribution in [0, 0.1) is 0 Å². The first-order chi connectivity index (χ1) is 11.7.